The molecule has 0 aromatic heterocycles. The molecule has 0 unspecified atom stereocenters. The number of benzene rings is 2. The number of halogens is 2. The molecular weight excluding hydrogens is 445 g/mol. The van der Waals surface area contributed by atoms with Gasteiger partial charge in [-0.3, -0.25) is 9.80 Å². The van der Waals surface area contributed by atoms with Gasteiger partial charge in [-0.1, -0.05) is 41.4 Å². The normalized spacial score (nSPS) is 18.1. The Morgan fingerprint density at radius 3 is 2.31 bits per heavy atom. The maximum absolute atomic E-state index is 6.38. The summed E-state index contributed by atoms with van der Waals surface area (Å²) in [6, 6.07) is 14.4. The summed E-state index contributed by atoms with van der Waals surface area (Å²) in [7, 11) is 0. The Kier molecular flexibility index (Phi) is 8.94. The topological polar surface area (TPSA) is 28.2 Å². The Labute approximate surface area is 201 Å². The van der Waals surface area contributed by atoms with Crippen molar-refractivity contribution in [3.8, 4) is 5.75 Å². The van der Waals surface area contributed by atoms with E-state index in [0.717, 1.165) is 96.5 Å². The highest BCUT2D eigenvalue weighted by molar-refractivity contribution is 6.43. The summed E-state index contributed by atoms with van der Waals surface area (Å²) < 4.78 is 11.4. The summed E-state index contributed by atoms with van der Waals surface area (Å²) >= 11 is 12.5. The van der Waals surface area contributed by atoms with E-state index in [2.05, 4.69) is 45.0 Å². The second-order valence-electron chi connectivity index (χ2n) is 8.49. The third-order valence-corrected chi connectivity index (χ3v) is 7.02. The standard InChI is InChI=1S/C25H33Cl2N3O2/c26-23-4-3-5-24(25(23)27)30-13-11-28(12-14-30)10-1-2-17-32-22-8-6-21(7-9-22)20-29-15-18-31-19-16-29/h3-9H,1-2,10-20H2. The van der Waals surface area contributed by atoms with Gasteiger partial charge in [0.15, 0.2) is 0 Å². The van der Waals surface area contributed by atoms with Crippen LogP contribution in [-0.4, -0.2) is 75.4 Å². The lowest BCUT2D eigenvalue weighted by molar-refractivity contribution is 0.0342. The Morgan fingerprint density at radius 2 is 1.56 bits per heavy atom. The summed E-state index contributed by atoms with van der Waals surface area (Å²) in [6.07, 6.45) is 2.21. The van der Waals surface area contributed by atoms with Gasteiger partial charge >= 0.3 is 0 Å². The van der Waals surface area contributed by atoms with Gasteiger partial charge in [0.2, 0.25) is 0 Å². The molecule has 0 amide bonds. The number of nitrogens with zero attached hydrogens (tertiary/aromatic N) is 3. The van der Waals surface area contributed by atoms with Gasteiger partial charge in [-0.25, -0.2) is 0 Å². The van der Waals surface area contributed by atoms with Gasteiger partial charge in [-0.15, -0.1) is 0 Å². The quantitative estimate of drug-likeness (QED) is 0.483. The smallest absolute Gasteiger partial charge is 0.119 e. The van der Waals surface area contributed by atoms with E-state index in [9.17, 15) is 0 Å². The van der Waals surface area contributed by atoms with Gasteiger partial charge in [-0.05, 0) is 49.2 Å². The van der Waals surface area contributed by atoms with Crippen molar-refractivity contribution in [2.45, 2.75) is 19.4 Å². The molecule has 0 N–H and O–H groups in total. The first-order valence-corrected chi connectivity index (χ1v) is 12.4. The Bertz CT molecular complexity index is 836. The molecule has 2 aliphatic heterocycles. The fraction of sp³-hybridized carbons (Fsp3) is 0.520. The molecule has 2 aromatic rings. The number of unbranched alkanes of at least 4 members (excludes halogenated alkanes) is 1. The zero-order valence-corrected chi connectivity index (χ0v) is 20.2. The summed E-state index contributed by atoms with van der Waals surface area (Å²) in [5, 5.41) is 1.28. The zero-order chi connectivity index (χ0) is 22.2. The molecule has 0 bridgehead atoms. The molecule has 2 aliphatic rings. The Balaban J connectivity index is 1.10. The lowest BCUT2D eigenvalue weighted by Gasteiger charge is -2.36. The van der Waals surface area contributed by atoms with Gasteiger partial charge < -0.3 is 14.4 Å². The molecule has 2 aromatic carbocycles. The van der Waals surface area contributed by atoms with E-state index in [-0.39, 0.29) is 0 Å². The highest BCUT2D eigenvalue weighted by atomic mass is 35.5. The van der Waals surface area contributed by atoms with Gasteiger partial charge in [0.25, 0.3) is 0 Å². The molecule has 0 aliphatic carbocycles. The summed E-state index contributed by atoms with van der Waals surface area (Å²) in [5.41, 5.74) is 2.38. The maximum atomic E-state index is 6.38. The predicted molar refractivity (Wildman–Crippen MR) is 132 cm³/mol. The van der Waals surface area contributed by atoms with Crippen LogP contribution < -0.4 is 9.64 Å². The molecular formula is C25H33Cl2N3O2. The van der Waals surface area contributed by atoms with Crippen LogP contribution in [0.3, 0.4) is 0 Å². The van der Waals surface area contributed by atoms with E-state index < -0.39 is 0 Å². The first kappa shape index (κ1) is 23.7. The second-order valence-corrected chi connectivity index (χ2v) is 9.27. The first-order valence-electron chi connectivity index (χ1n) is 11.6. The maximum Gasteiger partial charge on any atom is 0.119 e. The van der Waals surface area contributed by atoms with Crippen LogP contribution in [0.2, 0.25) is 10.0 Å². The van der Waals surface area contributed by atoms with E-state index in [1.54, 1.807) is 0 Å². The fourth-order valence-corrected chi connectivity index (χ4v) is 4.70. The summed E-state index contributed by atoms with van der Waals surface area (Å²) in [5.74, 6) is 0.961. The van der Waals surface area contributed by atoms with E-state index in [0.29, 0.717) is 10.0 Å². The molecule has 2 fully saturated rings. The number of rotatable bonds is 9. The number of anilines is 1. The number of ether oxygens (including phenoxy) is 2. The molecule has 0 atom stereocenters. The lowest BCUT2D eigenvalue weighted by Crippen LogP contribution is -2.46. The van der Waals surface area contributed by atoms with Gasteiger partial charge in [0.1, 0.15) is 5.75 Å². The third-order valence-electron chi connectivity index (χ3n) is 6.21. The molecule has 0 saturated carbocycles. The average molecular weight is 478 g/mol. The van der Waals surface area contributed by atoms with E-state index in [4.69, 9.17) is 32.7 Å². The minimum Gasteiger partial charge on any atom is -0.494 e. The number of morpholine rings is 1. The van der Waals surface area contributed by atoms with Crippen molar-refractivity contribution in [1.82, 2.24) is 9.80 Å². The van der Waals surface area contributed by atoms with Gasteiger partial charge in [0, 0.05) is 45.8 Å². The minimum atomic E-state index is 0.623. The molecule has 2 saturated heterocycles. The van der Waals surface area contributed by atoms with Gasteiger partial charge in [-0.2, -0.15) is 0 Å². The molecule has 32 heavy (non-hydrogen) atoms. The first-order chi connectivity index (χ1) is 15.7. The number of hydrogen-bond donors (Lipinski definition) is 0. The Hall–Kier alpha value is -1.50. The monoisotopic (exact) mass is 477 g/mol. The summed E-state index contributed by atoms with van der Waals surface area (Å²) in [4.78, 5) is 7.29. The van der Waals surface area contributed by atoms with E-state index >= 15 is 0 Å². The van der Waals surface area contributed by atoms with Crippen LogP contribution >= 0.6 is 23.2 Å². The van der Waals surface area contributed by atoms with Crippen LogP contribution in [0.4, 0.5) is 5.69 Å². The SMILES string of the molecule is Clc1cccc(N2CCN(CCCCOc3ccc(CN4CCOCC4)cc3)CC2)c1Cl. The fourth-order valence-electron chi connectivity index (χ4n) is 4.29. The number of hydrogen-bond acceptors (Lipinski definition) is 5. The molecule has 4 rings (SSSR count). The van der Waals surface area contributed by atoms with Crippen LogP contribution in [0.5, 0.6) is 5.75 Å². The summed E-state index contributed by atoms with van der Waals surface area (Å²) in [6.45, 7) is 10.6. The molecule has 7 heteroatoms. The zero-order valence-electron chi connectivity index (χ0n) is 18.6. The van der Waals surface area contributed by atoms with Crippen LogP contribution in [0.15, 0.2) is 42.5 Å². The van der Waals surface area contributed by atoms with Crippen molar-refractivity contribution in [3.05, 3.63) is 58.1 Å². The van der Waals surface area contributed by atoms with Crippen molar-refractivity contribution in [2.24, 2.45) is 0 Å². The predicted octanol–water partition coefficient (Wildman–Crippen LogP) is 4.81. The van der Waals surface area contributed by atoms with Crippen molar-refractivity contribution < 1.29 is 9.47 Å². The molecule has 174 valence electrons. The van der Waals surface area contributed by atoms with E-state index in [1.165, 1.54) is 5.56 Å². The van der Waals surface area contributed by atoms with Crippen LogP contribution in [0.1, 0.15) is 18.4 Å². The largest absolute Gasteiger partial charge is 0.494 e. The van der Waals surface area contributed by atoms with Crippen LogP contribution in [0.25, 0.3) is 0 Å². The molecule has 0 spiro atoms. The van der Waals surface area contributed by atoms with Crippen LogP contribution in [0, 0.1) is 0 Å². The molecule has 2 heterocycles. The Morgan fingerprint density at radius 1 is 0.812 bits per heavy atom. The molecule has 5 nitrogen and oxygen atoms in total. The van der Waals surface area contributed by atoms with E-state index in [1.807, 2.05) is 12.1 Å². The van der Waals surface area contributed by atoms with Crippen molar-refractivity contribution in [2.75, 3.05) is 70.5 Å². The second kappa shape index (κ2) is 12.1. The average Bonchev–Trinajstić information content (AvgIpc) is 2.83. The van der Waals surface area contributed by atoms with Crippen LogP contribution in [-0.2, 0) is 11.3 Å². The minimum absolute atomic E-state index is 0.623. The third kappa shape index (κ3) is 6.75. The molecule has 0 radical (unpaired) electrons. The van der Waals surface area contributed by atoms with Gasteiger partial charge in [0.05, 0.1) is 35.6 Å². The van der Waals surface area contributed by atoms with Crippen molar-refractivity contribution >= 4 is 28.9 Å². The lowest BCUT2D eigenvalue weighted by atomic mass is 10.2. The number of piperazine rings is 1. The van der Waals surface area contributed by atoms with Crippen molar-refractivity contribution in [1.29, 1.82) is 0 Å². The highest BCUT2D eigenvalue weighted by Crippen LogP contribution is 2.32. The highest BCUT2D eigenvalue weighted by Gasteiger charge is 2.19. The van der Waals surface area contributed by atoms with Crippen molar-refractivity contribution in [3.63, 3.8) is 0 Å².